The summed E-state index contributed by atoms with van der Waals surface area (Å²) in [6.07, 6.45) is 2.74. The Kier molecular flexibility index (Phi) is 7.02. The maximum Gasteiger partial charge on any atom is 0.331 e. The summed E-state index contributed by atoms with van der Waals surface area (Å²) >= 11 is 0. The minimum absolute atomic E-state index is 0.0986. The van der Waals surface area contributed by atoms with Crippen molar-refractivity contribution in [1.82, 2.24) is 0 Å². The summed E-state index contributed by atoms with van der Waals surface area (Å²) in [6, 6.07) is 0. The zero-order valence-electron chi connectivity index (χ0n) is 23.6. The van der Waals surface area contributed by atoms with Crippen LogP contribution in [0.2, 0.25) is 0 Å². The molecule has 9 nitrogen and oxygen atoms in total. The fraction of sp³-hybridized carbons (Fsp3) is 0.900. The van der Waals surface area contributed by atoms with Gasteiger partial charge in [0, 0.05) is 25.0 Å². The highest BCUT2D eigenvalue weighted by Crippen LogP contribution is 2.70. The van der Waals surface area contributed by atoms with Crippen molar-refractivity contribution >= 4 is 5.97 Å². The first-order valence-corrected chi connectivity index (χ1v) is 14.9. The third-order valence-corrected chi connectivity index (χ3v) is 12.4. The molecule has 220 valence electrons. The van der Waals surface area contributed by atoms with E-state index in [-0.39, 0.29) is 46.6 Å². The fourth-order valence-corrected chi connectivity index (χ4v) is 10.1. The van der Waals surface area contributed by atoms with Crippen molar-refractivity contribution in [3.05, 3.63) is 11.6 Å². The number of hydrogen-bond donors (Lipinski definition) is 4. The second kappa shape index (κ2) is 9.75. The maximum absolute atomic E-state index is 12.4. The minimum Gasteiger partial charge on any atom is -0.458 e. The molecule has 0 aromatic carbocycles. The van der Waals surface area contributed by atoms with Gasteiger partial charge < -0.3 is 39.4 Å². The smallest absolute Gasteiger partial charge is 0.331 e. The van der Waals surface area contributed by atoms with Crippen LogP contribution in [0.1, 0.15) is 72.1 Å². The highest BCUT2D eigenvalue weighted by atomic mass is 16.7. The van der Waals surface area contributed by atoms with E-state index in [1.807, 2.05) is 0 Å². The molecule has 0 aromatic rings. The predicted octanol–water partition coefficient (Wildman–Crippen LogP) is 2.08. The summed E-state index contributed by atoms with van der Waals surface area (Å²) in [5, 5.41) is 45.2. The monoisotopic (exact) mass is 550 g/mol. The van der Waals surface area contributed by atoms with Crippen molar-refractivity contribution in [2.45, 2.75) is 121 Å². The molecular formula is C30H46O9. The molecule has 4 saturated carbocycles. The van der Waals surface area contributed by atoms with Crippen LogP contribution < -0.4 is 0 Å². The molecule has 6 rings (SSSR count). The van der Waals surface area contributed by atoms with Crippen LogP contribution in [0.3, 0.4) is 0 Å². The van der Waals surface area contributed by atoms with E-state index >= 15 is 0 Å². The molecule has 1 saturated heterocycles. The molecule has 4 aliphatic carbocycles. The number of fused-ring (bicyclic) bond motifs is 5. The number of ether oxygens (including phenoxy) is 4. The molecule has 0 unspecified atom stereocenters. The predicted molar refractivity (Wildman–Crippen MR) is 139 cm³/mol. The molecule has 5 fully saturated rings. The van der Waals surface area contributed by atoms with Crippen molar-refractivity contribution in [3.63, 3.8) is 0 Å². The van der Waals surface area contributed by atoms with Gasteiger partial charge in [0.25, 0.3) is 0 Å². The summed E-state index contributed by atoms with van der Waals surface area (Å²) in [7, 11) is 1.45. The van der Waals surface area contributed by atoms with E-state index in [1.165, 1.54) is 7.11 Å². The Morgan fingerprint density at radius 2 is 1.77 bits per heavy atom. The van der Waals surface area contributed by atoms with E-state index in [2.05, 4.69) is 13.8 Å². The lowest BCUT2D eigenvalue weighted by atomic mass is 9.42. The van der Waals surface area contributed by atoms with Gasteiger partial charge in [0.05, 0.1) is 23.9 Å². The largest absolute Gasteiger partial charge is 0.458 e. The van der Waals surface area contributed by atoms with Gasteiger partial charge in [-0.05, 0) is 86.5 Å². The summed E-state index contributed by atoms with van der Waals surface area (Å²) in [5.41, 5.74) is -0.455. The zero-order valence-corrected chi connectivity index (χ0v) is 23.6. The number of aliphatic hydroxyl groups excluding tert-OH is 3. The Morgan fingerprint density at radius 3 is 2.46 bits per heavy atom. The average molecular weight is 551 g/mol. The summed E-state index contributed by atoms with van der Waals surface area (Å²) in [6.45, 7) is 6.49. The lowest BCUT2D eigenvalue weighted by Gasteiger charge is -2.64. The van der Waals surface area contributed by atoms with E-state index in [9.17, 15) is 25.2 Å². The first-order valence-electron chi connectivity index (χ1n) is 14.9. The molecule has 39 heavy (non-hydrogen) atoms. The molecule has 0 amide bonds. The van der Waals surface area contributed by atoms with Gasteiger partial charge >= 0.3 is 5.97 Å². The number of rotatable bonds is 4. The van der Waals surface area contributed by atoms with Crippen LogP contribution in [0.15, 0.2) is 11.6 Å². The third kappa shape index (κ3) is 4.02. The van der Waals surface area contributed by atoms with Crippen LogP contribution in [-0.4, -0.2) is 88.6 Å². The van der Waals surface area contributed by atoms with Crippen molar-refractivity contribution in [2.75, 3.05) is 13.7 Å². The lowest BCUT2D eigenvalue weighted by Crippen LogP contribution is -2.65. The zero-order chi connectivity index (χ0) is 27.9. The Hall–Kier alpha value is -1.07. The number of methoxy groups -OCH3 is 1. The van der Waals surface area contributed by atoms with Gasteiger partial charge in [0.15, 0.2) is 6.29 Å². The Labute approximate surface area is 230 Å². The molecule has 0 bridgehead atoms. The normalized spacial score (nSPS) is 55.3. The van der Waals surface area contributed by atoms with Crippen LogP contribution in [-0.2, 0) is 23.7 Å². The maximum atomic E-state index is 12.4. The number of carbonyl (C=O) groups is 1. The van der Waals surface area contributed by atoms with Crippen molar-refractivity contribution < 1.29 is 44.2 Å². The molecule has 2 aliphatic heterocycles. The third-order valence-electron chi connectivity index (χ3n) is 12.4. The van der Waals surface area contributed by atoms with Crippen molar-refractivity contribution in [3.8, 4) is 0 Å². The molecular weight excluding hydrogens is 504 g/mol. The van der Waals surface area contributed by atoms with Gasteiger partial charge in [0.1, 0.15) is 24.9 Å². The topological polar surface area (TPSA) is 135 Å². The Bertz CT molecular complexity index is 1000. The van der Waals surface area contributed by atoms with E-state index in [1.54, 1.807) is 13.0 Å². The summed E-state index contributed by atoms with van der Waals surface area (Å²) in [5.74, 6) is 0.393. The van der Waals surface area contributed by atoms with Gasteiger partial charge in [-0.3, -0.25) is 0 Å². The minimum atomic E-state index is -1.13. The standard InChI is InChI=1S/C30H46O9/c1-15-24(33)26(36-4)25(34)27(38-15)39-18-12-17-5-6-21-20(29(17,3)22(31)13-18)7-9-28(2)19(8-10-30(21,28)35)16-11-23(32)37-14-16/h11,15,17-22,24-27,31,33-35H,5-10,12-14H2,1-4H3/t15-,17-,18-,19-,20-,21-,22-,24+,25+,26+,27-,28-,29+,30+/m1/s1. The van der Waals surface area contributed by atoms with Crippen molar-refractivity contribution in [1.29, 1.82) is 0 Å². The number of carbonyl (C=O) groups excluding carboxylic acids is 1. The van der Waals surface area contributed by atoms with Crippen LogP contribution in [0.4, 0.5) is 0 Å². The van der Waals surface area contributed by atoms with E-state index in [0.29, 0.717) is 19.4 Å². The highest BCUT2D eigenvalue weighted by molar-refractivity contribution is 5.85. The molecule has 2 heterocycles. The van der Waals surface area contributed by atoms with Crippen molar-refractivity contribution in [2.24, 2.45) is 34.5 Å². The molecule has 14 atom stereocenters. The van der Waals surface area contributed by atoms with Gasteiger partial charge in [-0.25, -0.2) is 4.79 Å². The SMILES string of the molecule is CO[C@@H]1[C@H](O)[C@@H](O[C@@H]2C[C@H]3CC[C@@H]4[C@@H](CC[C@]5(C)[C@@H](C6=CC(=O)OC6)CC[C@]45O)[C@@]3(C)[C@H](O)C2)O[C@H](C)[C@@H]1O. The first-order chi connectivity index (χ1) is 18.4. The second-order valence-corrected chi connectivity index (χ2v) is 13.8. The lowest BCUT2D eigenvalue weighted by molar-refractivity contribution is -0.317. The van der Waals surface area contributed by atoms with E-state index in [4.69, 9.17) is 18.9 Å². The fourth-order valence-electron chi connectivity index (χ4n) is 10.1. The van der Waals surface area contributed by atoms with Crippen LogP contribution >= 0.6 is 0 Å². The molecule has 0 aromatic heterocycles. The quantitative estimate of drug-likeness (QED) is 0.307. The molecule has 9 heteroatoms. The number of hydrogen-bond acceptors (Lipinski definition) is 9. The van der Waals surface area contributed by atoms with E-state index in [0.717, 1.165) is 44.1 Å². The van der Waals surface area contributed by atoms with Gasteiger partial charge in [-0.1, -0.05) is 13.8 Å². The van der Waals surface area contributed by atoms with E-state index < -0.39 is 42.4 Å². The summed E-state index contributed by atoms with van der Waals surface area (Å²) in [4.78, 5) is 11.8. The average Bonchev–Trinajstić information content (AvgIpc) is 3.43. The molecule has 6 aliphatic rings. The number of esters is 1. The molecule has 4 N–H and O–H groups in total. The molecule has 0 spiro atoms. The van der Waals surface area contributed by atoms with Gasteiger partial charge in [-0.2, -0.15) is 0 Å². The van der Waals surface area contributed by atoms with Crippen LogP contribution in [0.5, 0.6) is 0 Å². The highest BCUT2D eigenvalue weighted by Gasteiger charge is 2.69. The van der Waals surface area contributed by atoms with Gasteiger partial charge in [-0.15, -0.1) is 0 Å². The Balaban J connectivity index is 1.19. The van der Waals surface area contributed by atoms with Crippen LogP contribution in [0.25, 0.3) is 0 Å². The van der Waals surface area contributed by atoms with Crippen LogP contribution in [0, 0.1) is 34.5 Å². The first kappa shape index (κ1) is 28.1. The number of aliphatic hydroxyl groups is 4. The number of cyclic esters (lactones) is 1. The Morgan fingerprint density at radius 1 is 1.00 bits per heavy atom. The van der Waals surface area contributed by atoms with Gasteiger partial charge in [0.2, 0.25) is 0 Å². The molecule has 0 radical (unpaired) electrons. The second-order valence-electron chi connectivity index (χ2n) is 13.8. The summed E-state index contributed by atoms with van der Waals surface area (Å²) < 4.78 is 22.6.